The number of nitrogens with zero attached hydrogens (tertiary/aromatic N) is 1. The number of ether oxygens (including phenoxy) is 2. The molecule has 1 aromatic heterocycles. The van der Waals surface area contributed by atoms with Gasteiger partial charge in [0.15, 0.2) is 23.5 Å². The molecule has 288 valence electrons. The summed E-state index contributed by atoms with van der Waals surface area (Å²) in [6.07, 6.45) is 8.74. The number of anilines is 1. The third-order valence-electron chi connectivity index (χ3n) is 12.9. The van der Waals surface area contributed by atoms with Crippen molar-refractivity contribution >= 4 is 35.0 Å². The average molecular weight is 745 g/mol. The van der Waals surface area contributed by atoms with Crippen molar-refractivity contribution in [1.29, 1.82) is 0 Å². The smallest absolute Gasteiger partial charge is 0.303 e. The standard InChI is InChI=1S/C40H48N4O10/c1-38-13-11-26(46)15-24(38)5-8-27-28-16-32-40(31(48)21-45,39(28,2)17-30(47)35(27)38)54-37(53-32)23-12-14-44(20-23)19-22-3-6-25(7-4-22)42-36(52)29(9-10-34(50)51)43-33(49)18-41/h3-4,6-7,11-15,20,27-30,32,35,37,45,47H,5,8-10,16-19,21,41H2,1-2H3,(H,42,52)(H,43,49)(H,50,51)/t27-,28-,29-,30-,32+,35+,37+,38-,39-,40+/m0/s1. The number of aliphatic hydroxyl groups is 2. The second kappa shape index (κ2) is 14.3. The second-order valence-electron chi connectivity index (χ2n) is 15.9. The molecule has 0 unspecified atom stereocenters. The lowest BCUT2D eigenvalue weighted by Gasteiger charge is -2.59. The van der Waals surface area contributed by atoms with Gasteiger partial charge in [-0.3, -0.25) is 24.0 Å². The van der Waals surface area contributed by atoms with Crippen molar-refractivity contribution in [3.63, 3.8) is 0 Å². The van der Waals surface area contributed by atoms with E-state index < -0.39 is 71.1 Å². The fourth-order valence-electron chi connectivity index (χ4n) is 10.5. The van der Waals surface area contributed by atoms with Crippen LogP contribution in [0.5, 0.6) is 0 Å². The van der Waals surface area contributed by atoms with Gasteiger partial charge in [0.25, 0.3) is 0 Å². The summed E-state index contributed by atoms with van der Waals surface area (Å²) in [6.45, 7) is 3.53. The van der Waals surface area contributed by atoms with E-state index in [2.05, 4.69) is 17.6 Å². The number of fused-ring (bicyclic) bond motifs is 7. The van der Waals surface area contributed by atoms with Gasteiger partial charge in [0.05, 0.1) is 18.8 Å². The van der Waals surface area contributed by atoms with Crippen LogP contribution in [0, 0.1) is 28.6 Å². The molecule has 4 fully saturated rings. The van der Waals surface area contributed by atoms with E-state index in [4.69, 9.17) is 20.3 Å². The lowest BCUT2D eigenvalue weighted by atomic mass is 9.46. The fourth-order valence-corrected chi connectivity index (χ4v) is 10.5. The first-order valence-electron chi connectivity index (χ1n) is 18.6. The van der Waals surface area contributed by atoms with Crippen molar-refractivity contribution in [1.82, 2.24) is 9.88 Å². The molecule has 10 atom stereocenters. The predicted molar refractivity (Wildman–Crippen MR) is 193 cm³/mol. The highest BCUT2D eigenvalue weighted by molar-refractivity contribution is 6.01. The number of allylic oxidation sites excluding steroid dienone is 4. The maximum absolute atomic E-state index is 13.9. The van der Waals surface area contributed by atoms with Crippen LogP contribution >= 0.6 is 0 Å². The van der Waals surface area contributed by atoms with Crippen LogP contribution in [-0.2, 0) is 40.0 Å². The molecule has 0 spiro atoms. The van der Waals surface area contributed by atoms with E-state index >= 15 is 0 Å². The van der Waals surface area contributed by atoms with E-state index in [1.165, 1.54) is 0 Å². The minimum absolute atomic E-state index is 0.00516. The third kappa shape index (κ3) is 6.33. The van der Waals surface area contributed by atoms with Crippen molar-refractivity contribution in [2.24, 2.45) is 34.3 Å². The molecule has 2 heterocycles. The summed E-state index contributed by atoms with van der Waals surface area (Å²) in [4.78, 5) is 61.8. The number of hydrogen-bond acceptors (Lipinski definition) is 10. The Hall–Kier alpha value is -4.47. The molecular formula is C40H48N4O10. The van der Waals surface area contributed by atoms with E-state index in [9.17, 15) is 34.2 Å². The van der Waals surface area contributed by atoms with E-state index in [1.807, 2.05) is 48.2 Å². The van der Waals surface area contributed by atoms with Crippen molar-refractivity contribution in [3.8, 4) is 0 Å². The van der Waals surface area contributed by atoms with Gasteiger partial charge in [-0.25, -0.2) is 0 Å². The second-order valence-corrected chi connectivity index (χ2v) is 15.9. The number of carboxylic acid groups (broad SMARTS) is 1. The lowest BCUT2D eigenvalue weighted by Crippen LogP contribution is -2.63. The monoisotopic (exact) mass is 744 g/mol. The van der Waals surface area contributed by atoms with E-state index in [0.29, 0.717) is 30.6 Å². The SMILES string of the molecule is C[C@]12C=CC(=O)C=C1CC[C@@H]1[C@@H]2[C@@H](O)C[C@@]2(C)[C@H]1C[C@H]1O[C@@H](c3ccn(Cc4ccc(NC(=O)[C@H](CCC(=O)O)NC(=O)CN)cc4)c3)O[C@]12C(=O)CO. The first-order chi connectivity index (χ1) is 25.7. The molecule has 2 amide bonds. The maximum atomic E-state index is 13.9. The van der Waals surface area contributed by atoms with Gasteiger partial charge in [-0.15, -0.1) is 0 Å². The summed E-state index contributed by atoms with van der Waals surface area (Å²) in [5.41, 5.74) is 5.77. The molecule has 4 aliphatic carbocycles. The van der Waals surface area contributed by atoms with Crippen molar-refractivity contribution in [2.45, 2.75) is 89.1 Å². The maximum Gasteiger partial charge on any atom is 0.303 e. The topological polar surface area (TPSA) is 220 Å². The number of nitrogens with one attached hydrogen (secondary N) is 2. The quantitative estimate of drug-likeness (QED) is 0.185. The number of carbonyl (C=O) groups excluding carboxylic acids is 4. The summed E-state index contributed by atoms with van der Waals surface area (Å²) >= 11 is 0. The Morgan fingerprint density at radius 1 is 1.13 bits per heavy atom. The van der Waals surface area contributed by atoms with E-state index in [1.54, 1.807) is 24.3 Å². The van der Waals surface area contributed by atoms with Crippen molar-refractivity contribution in [3.05, 3.63) is 77.7 Å². The normalized spacial score (nSPS) is 34.2. The minimum Gasteiger partial charge on any atom is -0.481 e. The molecule has 54 heavy (non-hydrogen) atoms. The van der Waals surface area contributed by atoms with Gasteiger partial charge in [0.1, 0.15) is 12.6 Å². The van der Waals surface area contributed by atoms with Crippen LogP contribution in [0.3, 0.4) is 0 Å². The Kier molecular flexibility index (Phi) is 10.0. The van der Waals surface area contributed by atoms with Crippen molar-refractivity contribution < 1.29 is 48.8 Å². The molecule has 7 N–H and O–H groups in total. The van der Waals surface area contributed by atoms with Crippen LogP contribution in [0.4, 0.5) is 5.69 Å². The number of aliphatic carboxylic acids is 1. The van der Waals surface area contributed by atoms with Crippen LogP contribution in [0.25, 0.3) is 0 Å². The summed E-state index contributed by atoms with van der Waals surface area (Å²) in [5, 5.41) is 36.4. The predicted octanol–water partition coefficient (Wildman–Crippen LogP) is 2.39. The number of benzene rings is 1. The Labute approximate surface area is 312 Å². The van der Waals surface area contributed by atoms with Gasteiger partial charge in [-0.05, 0) is 79.9 Å². The number of nitrogens with two attached hydrogens (primary N) is 1. The number of hydrogen-bond donors (Lipinski definition) is 6. The number of ketones is 2. The number of carboxylic acids is 1. The third-order valence-corrected chi connectivity index (χ3v) is 12.9. The molecular weight excluding hydrogens is 696 g/mol. The number of aliphatic hydroxyl groups excluding tert-OH is 2. The molecule has 3 saturated carbocycles. The summed E-state index contributed by atoms with van der Waals surface area (Å²) < 4.78 is 15.2. The largest absolute Gasteiger partial charge is 0.481 e. The minimum atomic E-state index is -1.44. The van der Waals surface area contributed by atoms with Gasteiger partial charge >= 0.3 is 5.97 Å². The van der Waals surface area contributed by atoms with Gasteiger partial charge < -0.3 is 45.7 Å². The van der Waals surface area contributed by atoms with Gasteiger partial charge in [0, 0.05) is 53.4 Å². The zero-order valence-electron chi connectivity index (χ0n) is 30.4. The first kappa shape index (κ1) is 37.8. The highest BCUT2D eigenvalue weighted by Crippen LogP contribution is 2.70. The summed E-state index contributed by atoms with van der Waals surface area (Å²) in [7, 11) is 0. The number of Topliss-reactive ketones (excluding diaryl/α,β-unsaturated/α-hetero) is 1. The van der Waals surface area contributed by atoms with Gasteiger partial charge in [0.2, 0.25) is 11.8 Å². The highest BCUT2D eigenvalue weighted by Gasteiger charge is 2.76. The number of aromatic nitrogens is 1. The van der Waals surface area contributed by atoms with Crippen LogP contribution < -0.4 is 16.4 Å². The Balaban J connectivity index is 1.04. The molecule has 5 aliphatic rings. The molecule has 2 aromatic rings. The molecule has 1 saturated heterocycles. The summed E-state index contributed by atoms with van der Waals surface area (Å²) in [5.74, 6) is -2.76. The zero-order chi connectivity index (χ0) is 38.6. The van der Waals surface area contributed by atoms with Crippen LogP contribution in [0.2, 0.25) is 0 Å². The van der Waals surface area contributed by atoms with E-state index in [0.717, 1.165) is 24.0 Å². The van der Waals surface area contributed by atoms with Crippen LogP contribution in [-0.4, -0.2) is 86.2 Å². The van der Waals surface area contributed by atoms with Gasteiger partial charge in [-0.2, -0.15) is 0 Å². The van der Waals surface area contributed by atoms with E-state index in [-0.39, 0.29) is 42.9 Å². The van der Waals surface area contributed by atoms with Crippen molar-refractivity contribution in [2.75, 3.05) is 18.5 Å². The van der Waals surface area contributed by atoms with Gasteiger partial charge in [-0.1, -0.05) is 37.6 Å². The Bertz CT molecular complexity index is 1900. The highest BCUT2D eigenvalue weighted by atomic mass is 16.7. The number of carbonyl (C=O) groups is 5. The molecule has 1 aliphatic heterocycles. The summed E-state index contributed by atoms with van der Waals surface area (Å²) in [6, 6.07) is 7.88. The Morgan fingerprint density at radius 2 is 1.89 bits per heavy atom. The molecule has 0 bridgehead atoms. The molecule has 0 radical (unpaired) electrons. The molecule has 1 aromatic carbocycles. The lowest BCUT2D eigenvalue weighted by molar-refractivity contribution is -0.201. The first-order valence-corrected chi connectivity index (χ1v) is 18.6. The molecule has 14 heteroatoms. The number of amides is 2. The zero-order valence-corrected chi connectivity index (χ0v) is 30.4. The fraction of sp³-hybridized carbons (Fsp3) is 0.525. The van der Waals surface area contributed by atoms with Crippen LogP contribution in [0.1, 0.15) is 69.8 Å². The molecule has 14 nitrogen and oxygen atoms in total. The molecule has 7 rings (SSSR count). The average Bonchev–Trinajstić information content (AvgIpc) is 3.83. The Morgan fingerprint density at radius 3 is 2.59 bits per heavy atom. The van der Waals surface area contributed by atoms with Crippen LogP contribution in [0.15, 0.2) is 66.5 Å². The number of rotatable bonds is 12.